The van der Waals surface area contributed by atoms with Gasteiger partial charge in [-0.2, -0.15) is 4.31 Å². The molecule has 0 aromatic heterocycles. The van der Waals surface area contributed by atoms with E-state index in [1.807, 2.05) is 19.1 Å². The number of sulfonamides is 1. The lowest BCUT2D eigenvalue weighted by molar-refractivity contribution is 0.143. The summed E-state index contributed by atoms with van der Waals surface area (Å²) in [7, 11) is -1.61. The van der Waals surface area contributed by atoms with E-state index in [0.29, 0.717) is 24.5 Å². The molecule has 7 nitrogen and oxygen atoms in total. The molecule has 8 heteroatoms. The first kappa shape index (κ1) is 21.7. The van der Waals surface area contributed by atoms with Crippen molar-refractivity contribution < 1.29 is 13.2 Å². The summed E-state index contributed by atoms with van der Waals surface area (Å²) in [5.74, 6) is 0.736. The quantitative estimate of drug-likeness (QED) is 0.359. The molecule has 0 spiro atoms. The maximum absolute atomic E-state index is 12.5. The van der Waals surface area contributed by atoms with Gasteiger partial charge >= 0.3 is 0 Å². The summed E-state index contributed by atoms with van der Waals surface area (Å²) >= 11 is 0. The Labute approximate surface area is 163 Å². The first-order chi connectivity index (χ1) is 13.1. The normalized spacial score (nSPS) is 15.9. The zero-order chi connectivity index (χ0) is 19.5. The molecule has 1 saturated heterocycles. The molecule has 1 aliphatic rings. The maximum Gasteiger partial charge on any atom is 0.243 e. The summed E-state index contributed by atoms with van der Waals surface area (Å²) in [6.07, 6.45) is 3.92. The van der Waals surface area contributed by atoms with Crippen LogP contribution in [0.3, 0.4) is 0 Å². The Kier molecular flexibility index (Phi) is 9.03. The van der Waals surface area contributed by atoms with Crippen LogP contribution < -0.4 is 10.6 Å². The first-order valence-electron chi connectivity index (χ1n) is 9.69. The van der Waals surface area contributed by atoms with Gasteiger partial charge in [0.25, 0.3) is 0 Å². The highest BCUT2D eigenvalue weighted by atomic mass is 32.2. The molecule has 27 heavy (non-hydrogen) atoms. The Bertz CT molecular complexity index is 683. The zero-order valence-electron chi connectivity index (χ0n) is 16.4. The molecule has 0 amide bonds. The number of nitrogens with one attached hydrogen (secondary N) is 2. The Morgan fingerprint density at radius 3 is 2.48 bits per heavy atom. The second-order valence-corrected chi connectivity index (χ2v) is 8.45. The van der Waals surface area contributed by atoms with Crippen LogP contribution in [0.25, 0.3) is 0 Å². The van der Waals surface area contributed by atoms with Gasteiger partial charge in [0.15, 0.2) is 5.96 Å². The second-order valence-electron chi connectivity index (χ2n) is 6.51. The third-order valence-corrected chi connectivity index (χ3v) is 6.43. The lowest BCUT2D eigenvalue weighted by atomic mass is 10.2. The molecule has 1 fully saturated rings. The number of hydrogen-bond donors (Lipinski definition) is 2. The molecule has 152 valence electrons. The number of rotatable bonds is 10. The number of unbranched alkanes of at least 4 members (excludes halogenated alkanes) is 1. The Balaban J connectivity index is 1.78. The van der Waals surface area contributed by atoms with Gasteiger partial charge in [-0.25, -0.2) is 8.42 Å². The minimum absolute atomic E-state index is 0.366. The van der Waals surface area contributed by atoms with E-state index in [2.05, 4.69) is 15.6 Å². The van der Waals surface area contributed by atoms with E-state index in [1.54, 1.807) is 23.5 Å². The van der Waals surface area contributed by atoms with E-state index < -0.39 is 10.0 Å². The minimum Gasteiger partial charge on any atom is -0.382 e. The molecule has 2 N–H and O–H groups in total. The fourth-order valence-electron chi connectivity index (χ4n) is 2.94. The molecule has 0 atom stereocenters. The molecule has 2 rings (SSSR count). The highest BCUT2D eigenvalue weighted by molar-refractivity contribution is 7.89. The molecule has 0 unspecified atom stereocenters. The topological polar surface area (TPSA) is 83.0 Å². The van der Waals surface area contributed by atoms with Crippen LogP contribution in [0.2, 0.25) is 0 Å². The molecule has 0 saturated carbocycles. The molecular weight excluding hydrogens is 364 g/mol. The SMILES string of the molecule is CCOCCCCNC(=NC)NCc1ccc(S(=O)(=O)N2CCCC2)cc1. The maximum atomic E-state index is 12.5. The van der Waals surface area contributed by atoms with E-state index in [-0.39, 0.29) is 0 Å². The highest BCUT2D eigenvalue weighted by Gasteiger charge is 2.26. The van der Waals surface area contributed by atoms with Crippen molar-refractivity contribution in [3.63, 3.8) is 0 Å². The van der Waals surface area contributed by atoms with Gasteiger partial charge in [0.1, 0.15) is 0 Å². The van der Waals surface area contributed by atoms with Crippen molar-refractivity contribution in [2.45, 2.75) is 44.0 Å². The number of nitrogens with zero attached hydrogens (tertiary/aromatic N) is 2. The van der Waals surface area contributed by atoms with Gasteiger partial charge in [-0.3, -0.25) is 4.99 Å². The van der Waals surface area contributed by atoms with Crippen LogP contribution >= 0.6 is 0 Å². The molecule has 0 aliphatic carbocycles. The summed E-state index contributed by atoms with van der Waals surface area (Å²) in [4.78, 5) is 4.57. The highest BCUT2D eigenvalue weighted by Crippen LogP contribution is 2.21. The van der Waals surface area contributed by atoms with Crippen molar-refractivity contribution in [1.29, 1.82) is 0 Å². The lowest BCUT2D eigenvalue weighted by Gasteiger charge is -2.16. The van der Waals surface area contributed by atoms with Gasteiger partial charge in [0.05, 0.1) is 4.90 Å². The number of ether oxygens (including phenoxy) is 1. The average Bonchev–Trinajstić information content (AvgIpc) is 3.23. The van der Waals surface area contributed by atoms with Crippen LogP contribution in [0.15, 0.2) is 34.2 Å². The summed E-state index contributed by atoms with van der Waals surface area (Å²) in [6, 6.07) is 7.08. The fraction of sp³-hybridized carbons (Fsp3) is 0.632. The van der Waals surface area contributed by atoms with Crippen molar-refractivity contribution in [3.8, 4) is 0 Å². The molecule has 0 radical (unpaired) electrons. The van der Waals surface area contributed by atoms with Crippen LogP contribution in [-0.4, -0.2) is 58.6 Å². The molecular formula is C19H32N4O3S. The molecule has 0 bridgehead atoms. The van der Waals surface area contributed by atoms with Crippen LogP contribution in [0.4, 0.5) is 0 Å². The number of guanidine groups is 1. The van der Waals surface area contributed by atoms with E-state index in [0.717, 1.165) is 57.0 Å². The first-order valence-corrected chi connectivity index (χ1v) is 11.1. The van der Waals surface area contributed by atoms with Crippen LogP contribution in [0, 0.1) is 0 Å². The zero-order valence-corrected chi connectivity index (χ0v) is 17.2. The van der Waals surface area contributed by atoms with Gasteiger partial charge in [0.2, 0.25) is 10.0 Å². The summed E-state index contributed by atoms with van der Waals surface area (Å²) in [5, 5.41) is 6.52. The predicted molar refractivity (Wildman–Crippen MR) is 108 cm³/mol. The molecule has 1 aromatic carbocycles. The van der Waals surface area contributed by atoms with E-state index in [9.17, 15) is 8.42 Å². The third-order valence-electron chi connectivity index (χ3n) is 4.52. The van der Waals surface area contributed by atoms with Crippen molar-refractivity contribution in [1.82, 2.24) is 14.9 Å². The van der Waals surface area contributed by atoms with E-state index in [4.69, 9.17) is 4.74 Å². The van der Waals surface area contributed by atoms with Crippen molar-refractivity contribution >= 4 is 16.0 Å². The van der Waals surface area contributed by atoms with Gasteiger partial charge in [-0.05, 0) is 50.3 Å². The Morgan fingerprint density at radius 1 is 1.15 bits per heavy atom. The number of hydrogen-bond acceptors (Lipinski definition) is 4. The van der Waals surface area contributed by atoms with Crippen molar-refractivity contribution in [3.05, 3.63) is 29.8 Å². The van der Waals surface area contributed by atoms with Crippen molar-refractivity contribution in [2.75, 3.05) is 39.9 Å². The fourth-order valence-corrected chi connectivity index (χ4v) is 4.46. The van der Waals surface area contributed by atoms with Gasteiger partial charge in [-0.1, -0.05) is 12.1 Å². The lowest BCUT2D eigenvalue weighted by Crippen LogP contribution is -2.37. The number of aliphatic imine (C=N–C) groups is 1. The van der Waals surface area contributed by atoms with Crippen LogP contribution in [0.5, 0.6) is 0 Å². The molecule has 1 aliphatic heterocycles. The monoisotopic (exact) mass is 396 g/mol. The van der Waals surface area contributed by atoms with Crippen LogP contribution in [-0.2, 0) is 21.3 Å². The van der Waals surface area contributed by atoms with Gasteiger partial charge in [-0.15, -0.1) is 0 Å². The minimum atomic E-state index is -3.35. The van der Waals surface area contributed by atoms with Gasteiger partial charge < -0.3 is 15.4 Å². The Hall–Kier alpha value is -1.64. The molecule has 1 aromatic rings. The smallest absolute Gasteiger partial charge is 0.243 e. The molecule has 1 heterocycles. The summed E-state index contributed by atoms with van der Waals surface area (Å²) in [5.41, 5.74) is 1.01. The van der Waals surface area contributed by atoms with E-state index in [1.165, 1.54) is 0 Å². The third kappa shape index (κ3) is 6.79. The summed E-state index contributed by atoms with van der Waals surface area (Å²) in [6.45, 7) is 6.21. The summed E-state index contributed by atoms with van der Waals surface area (Å²) < 4.78 is 32.0. The van der Waals surface area contributed by atoms with E-state index >= 15 is 0 Å². The largest absolute Gasteiger partial charge is 0.382 e. The predicted octanol–water partition coefficient (Wildman–Crippen LogP) is 1.95. The average molecular weight is 397 g/mol. The Morgan fingerprint density at radius 2 is 1.85 bits per heavy atom. The number of benzene rings is 1. The van der Waals surface area contributed by atoms with Crippen molar-refractivity contribution in [2.24, 2.45) is 4.99 Å². The van der Waals surface area contributed by atoms with Gasteiger partial charge in [0, 0.05) is 46.4 Å². The van der Waals surface area contributed by atoms with Crippen LogP contribution in [0.1, 0.15) is 38.2 Å². The standard InChI is InChI=1S/C19H32N4O3S/c1-3-26-15-7-4-12-21-19(20-2)22-16-17-8-10-18(11-9-17)27(24,25)23-13-5-6-14-23/h8-11H,3-7,12-16H2,1-2H3,(H2,20,21,22). The second kappa shape index (κ2) is 11.3.